The van der Waals surface area contributed by atoms with Crippen LogP contribution in [0.1, 0.15) is 0 Å². The molecule has 0 amide bonds. The summed E-state index contributed by atoms with van der Waals surface area (Å²) in [6.07, 6.45) is 7.58. The van der Waals surface area contributed by atoms with Gasteiger partial charge in [0.2, 0.25) is 19.5 Å². The summed E-state index contributed by atoms with van der Waals surface area (Å²) in [5, 5.41) is 0. The molecular weight excluding hydrogens is 352 g/mol. The molecule has 0 saturated carbocycles. The molecule has 0 aliphatic rings. The largest absolute Gasteiger partial charge is 0.548 e. The fourth-order valence-electron chi connectivity index (χ4n) is 2.34. The standard InChI is InChI=1S/C22H26O2Si2/c1-5-21(6-2)25-23-19-13-9-17(10-14-19)18-11-15-20(16-12-18)24-26-22(7-3)8-4/h5-16,21-22H,1-4,25-26H2. The number of rotatable bonds is 11. The molecule has 0 aliphatic heterocycles. The predicted molar refractivity (Wildman–Crippen MR) is 119 cm³/mol. The normalized spacial score (nSPS) is 11.3. The van der Waals surface area contributed by atoms with Crippen molar-refractivity contribution in [3.05, 3.63) is 99.2 Å². The van der Waals surface area contributed by atoms with Crippen LogP contribution in [0.3, 0.4) is 0 Å². The average molecular weight is 379 g/mol. The van der Waals surface area contributed by atoms with E-state index in [0.717, 1.165) is 22.6 Å². The van der Waals surface area contributed by atoms with Gasteiger partial charge in [0.25, 0.3) is 0 Å². The predicted octanol–water partition coefficient (Wildman–Crippen LogP) is 4.60. The van der Waals surface area contributed by atoms with Gasteiger partial charge in [-0.3, -0.25) is 0 Å². The summed E-state index contributed by atoms with van der Waals surface area (Å²) >= 11 is 0. The van der Waals surface area contributed by atoms with E-state index in [2.05, 4.69) is 50.6 Å². The highest BCUT2D eigenvalue weighted by molar-refractivity contribution is 6.32. The zero-order valence-corrected chi connectivity index (χ0v) is 18.0. The maximum atomic E-state index is 5.90. The monoisotopic (exact) mass is 378 g/mol. The van der Waals surface area contributed by atoms with Crippen molar-refractivity contribution in [1.29, 1.82) is 0 Å². The van der Waals surface area contributed by atoms with Crippen LogP contribution in [0.5, 0.6) is 11.5 Å². The molecule has 134 valence electrons. The first-order valence-electron chi connectivity index (χ1n) is 8.66. The van der Waals surface area contributed by atoms with Crippen molar-refractivity contribution < 1.29 is 8.85 Å². The smallest absolute Gasteiger partial charge is 0.230 e. The molecule has 0 saturated heterocycles. The number of benzene rings is 2. The Morgan fingerprint density at radius 2 is 0.885 bits per heavy atom. The number of hydrogen-bond donors (Lipinski definition) is 0. The lowest BCUT2D eigenvalue weighted by Gasteiger charge is -2.11. The molecule has 0 atom stereocenters. The molecule has 0 bridgehead atoms. The molecule has 4 heteroatoms. The van der Waals surface area contributed by atoms with Crippen molar-refractivity contribution >= 4 is 19.5 Å². The Morgan fingerprint density at radius 1 is 0.577 bits per heavy atom. The van der Waals surface area contributed by atoms with Gasteiger partial charge in [-0.15, -0.1) is 26.3 Å². The van der Waals surface area contributed by atoms with Gasteiger partial charge >= 0.3 is 0 Å². The zero-order chi connectivity index (χ0) is 18.8. The van der Waals surface area contributed by atoms with Gasteiger partial charge in [-0.25, -0.2) is 0 Å². The van der Waals surface area contributed by atoms with E-state index >= 15 is 0 Å². The first-order chi connectivity index (χ1) is 12.7. The zero-order valence-electron chi connectivity index (χ0n) is 15.1. The second-order valence-corrected chi connectivity index (χ2v) is 9.07. The Labute approximate surface area is 161 Å². The van der Waals surface area contributed by atoms with Gasteiger partial charge in [0.15, 0.2) is 0 Å². The molecule has 2 nitrogen and oxygen atoms in total. The molecule has 2 rings (SSSR count). The van der Waals surface area contributed by atoms with Gasteiger partial charge in [-0.05, 0) is 35.4 Å². The van der Waals surface area contributed by atoms with Crippen LogP contribution in [0.4, 0.5) is 0 Å². The summed E-state index contributed by atoms with van der Waals surface area (Å²) in [7, 11) is -1.47. The second-order valence-electron chi connectivity index (χ2n) is 5.94. The molecule has 0 aromatic heterocycles. The molecule has 0 N–H and O–H groups in total. The molecule has 0 fully saturated rings. The van der Waals surface area contributed by atoms with Crippen molar-refractivity contribution in [3.63, 3.8) is 0 Å². The highest BCUT2D eigenvalue weighted by Crippen LogP contribution is 2.25. The minimum Gasteiger partial charge on any atom is -0.548 e. The molecule has 2 aromatic carbocycles. The lowest BCUT2D eigenvalue weighted by molar-refractivity contribution is 0.589. The molecule has 0 aliphatic carbocycles. The minimum absolute atomic E-state index is 0.299. The van der Waals surface area contributed by atoms with E-state index in [1.165, 1.54) is 0 Å². The van der Waals surface area contributed by atoms with Gasteiger partial charge in [0.05, 0.1) is 0 Å². The average Bonchev–Trinajstić information content (AvgIpc) is 2.70. The maximum absolute atomic E-state index is 5.90. The Balaban J connectivity index is 1.96. The second kappa shape index (κ2) is 10.4. The fraction of sp³-hybridized carbons (Fsp3) is 0.0909. The van der Waals surface area contributed by atoms with Gasteiger partial charge < -0.3 is 8.85 Å². The van der Waals surface area contributed by atoms with Gasteiger partial charge in [0.1, 0.15) is 11.5 Å². The molecular formula is C22H26O2Si2. The highest BCUT2D eigenvalue weighted by atomic mass is 28.2. The van der Waals surface area contributed by atoms with Crippen molar-refractivity contribution in [2.24, 2.45) is 0 Å². The highest BCUT2D eigenvalue weighted by Gasteiger charge is 2.05. The number of allylic oxidation sites excluding steroid dienone is 4. The molecule has 26 heavy (non-hydrogen) atoms. The Hall–Kier alpha value is -2.57. The lowest BCUT2D eigenvalue weighted by atomic mass is 10.1. The van der Waals surface area contributed by atoms with E-state index in [0.29, 0.717) is 11.1 Å². The van der Waals surface area contributed by atoms with E-state index in [4.69, 9.17) is 8.85 Å². The molecule has 0 heterocycles. The summed E-state index contributed by atoms with van der Waals surface area (Å²) in [6.45, 7) is 15.2. The summed E-state index contributed by atoms with van der Waals surface area (Å²) in [5.74, 6) is 1.81. The van der Waals surface area contributed by atoms with Crippen molar-refractivity contribution in [3.8, 4) is 22.6 Å². The van der Waals surface area contributed by atoms with E-state index in [1.807, 2.05) is 48.6 Å². The minimum atomic E-state index is -0.733. The summed E-state index contributed by atoms with van der Waals surface area (Å²) in [6, 6.07) is 16.4. The van der Waals surface area contributed by atoms with Crippen LogP contribution >= 0.6 is 0 Å². The third-order valence-electron chi connectivity index (χ3n) is 4.14. The summed E-state index contributed by atoms with van der Waals surface area (Å²) in [5.41, 5.74) is 2.91. The van der Waals surface area contributed by atoms with Crippen LogP contribution in [-0.2, 0) is 0 Å². The van der Waals surface area contributed by atoms with Crippen LogP contribution in [0, 0.1) is 0 Å². The molecule has 2 aromatic rings. The van der Waals surface area contributed by atoms with E-state index in [1.54, 1.807) is 0 Å². The van der Waals surface area contributed by atoms with Crippen molar-refractivity contribution in [2.75, 3.05) is 0 Å². The van der Waals surface area contributed by atoms with Gasteiger partial charge in [-0.1, -0.05) is 48.6 Å². The lowest BCUT2D eigenvalue weighted by Crippen LogP contribution is -2.07. The van der Waals surface area contributed by atoms with E-state index in [-0.39, 0.29) is 0 Å². The number of hydrogen-bond acceptors (Lipinski definition) is 2. The Kier molecular flexibility index (Phi) is 7.92. The summed E-state index contributed by atoms with van der Waals surface area (Å²) in [4.78, 5) is 0. The molecule has 0 unspecified atom stereocenters. The SMILES string of the molecule is C=CC(C=C)[SiH2]Oc1ccc(-c2ccc(O[SiH2]C(C=C)C=C)cc2)cc1. The van der Waals surface area contributed by atoms with Crippen LogP contribution < -0.4 is 8.85 Å². The first kappa shape index (κ1) is 19.8. The van der Waals surface area contributed by atoms with Crippen LogP contribution in [0.15, 0.2) is 99.2 Å². The first-order valence-corrected chi connectivity index (χ1v) is 11.4. The van der Waals surface area contributed by atoms with Crippen LogP contribution in [0.25, 0.3) is 11.1 Å². The van der Waals surface area contributed by atoms with E-state index in [9.17, 15) is 0 Å². The molecule has 0 radical (unpaired) electrons. The Bertz CT molecular complexity index is 654. The van der Waals surface area contributed by atoms with Gasteiger partial charge in [-0.2, -0.15) is 0 Å². The van der Waals surface area contributed by atoms with Crippen molar-refractivity contribution in [2.45, 2.75) is 11.1 Å². The Morgan fingerprint density at radius 3 is 1.15 bits per heavy atom. The third kappa shape index (κ3) is 5.76. The van der Waals surface area contributed by atoms with Crippen molar-refractivity contribution in [1.82, 2.24) is 0 Å². The van der Waals surface area contributed by atoms with Crippen LogP contribution in [0.2, 0.25) is 11.1 Å². The van der Waals surface area contributed by atoms with Gasteiger partial charge in [0, 0.05) is 11.1 Å². The maximum Gasteiger partial charge on any atom is 0.230 e. The fourth-order valence-corrected chi connectivity index (χ4v) is 4.04. The quantitative estimate of drug-likeness (QED) is 0.420. The van der Waals surface area contributed by atoms with Crippen LogP contribution in [-0.4, -0.2) is 19.5 Å². The topological polar surface area (TPSA) is 18.5 Å². The molecule has 0 spiro atoms. The summed E-state index contributed by atoms with van der Waals surface area (Å²) < 4.78 is 11.8. The van der Waals surface area contributed by atoms with E-state index < -0.39 is 19.5 Å². The third-order valence-corrected chi connectivity index (χ3v) is 7.24.